The summed E-state index contributed by atoms with van der Waals surface area (Å²) in [6.45, 7) is 7.17. The van der Waals surface area contributed by atoms with Gasteiger partial charge in [0.1, 0.15) is 0 Å². The third-order valence-corrected chi connectivity index (χ3v) is 10.9. The van der Waals surface area contributed by atoms with Crippen molar-refractivity contribution in [3.63, 3.8) is 0 Å². The quantitative estimate of drug-likeness (QED) is 0.0951. The molecule has 6 heterocycles. The summed E-state index contributed by atoms with van der Waals surface area (Å²) < 4.78 is 14.1. The van der Waals surface area contributed by atoms with Crippen LogP contribution >= 0.6 is 11.6 Å². The Kier molecular flexibility index (Phi) is 37.9. The van der Waals surface area contributed by atoms with Crippen LogP contribution in [0.3, 0.4) is 0 Å². The summed E-state index contributed by atoms with van der Waals surface area (Å²) >= 11 is 5.46. The average molecular weight is 1070 g/mol. The highest BCUT2D eigenvalue weighted by molar-refractivity contribution is 8.22. The zero-order valence-corrected chi connectivity index (χ0v) is 46.2. The Bertz CT molecular complexity index is 3560. The molecule has 6 rings (SSSR count). The number of pyridine rings is 2. The number of carbonyl (C=O) groups excluding carboxylic acids is 2. The number of carbonyl (C=O) groups is 2. The average Bonchev–Trinajstić information content (AvgIpc) is 3.32. The van der Waals surface area contributed by atoms with Crippen molar-refractivity contribution in [2.24, 2.45) is 14.1 Å². The molecule has 25 radical (unpaired) electrons. The highest BCUT2D eigenvalue weighted by Gasteiger charge is 2.47. The maximum Gasteiger partial charge on any atom is 0.265 e. The van der Waals surface area contributed by atoms with Gasteiger partial charge in [0.05, 0.1) is 60.2 Å². The smallest absolute Gasteiger partial charge is 0.265 e. The zero-order valence-electron chi connectivity index (χ0n) is 45.4. The van der Waals surface area contributed by atoms with Crippen molar-refractivity contribution in [2.75, 3.05) is 23.4 Å². The van der Waals surface area contributed by atoms with Gasteiger partial charge in [-0.05, 0) is 117 Å². The van der Waals surface area contributed by atoms with Crippen LogP contribution in [0.15, 0.2) is 195 Å². The van der Waals surface area contributed by atoms with Gasteiger partial charge in [0.2, 0.25) is 0 Å². The number of amides is 2. The number of alkyl halides is 1. The Hall–Kier alpha value is -7.84. The maximum atomic E-state index is 11.9. The first-order valence-electron chi connectivity index (χ1n) is 24.2. The van der Waals surface area contributed by atoms with Crippen LogP contribution in [0.25, 0.3) is 0 Å². The van der Waals surface area contributed by atoms with E-state index < -0.39 is 63.9 Å². The predicted molar refractivity (Wildman–Crippen MR) is 359 cm³/mol. The molecule has 2 aliphatic rings. The van der Waals surface area contributed by atoms with E-state index in [1.807, 2.05) is 35.6 Å². The summed E-state index contributed by atoms with van der Waals surface area (Å²) in [5.74, 6) is 1.57. The van der Waals surface area contributed by atoms with E-state index in [0.29, 0.717) is 29.6 Å². The molecule has 365 valence electrons. The third-order valence-electron chi connectivity index (χ3n) is 10.6. The largest absolute Gasteiger partial charge is 0.480 e. The van der Waals surface area contributed by atoms with Crippen molar-refractivity contribution >= 4 is 199 Å². The van der Waals surface area contributed by atoms with Crippen LogP contribution in [-0.2, 0) is 36.1 Å². The molecule has 0 bridgehead atoms. The minimum atomic E-state index is -0.925. The summed E-state index contributed by atoms with van der Waals surface area (Å²) in [6, 6.07) is 3.47. The second kappa shape index (κ2) is 42.9. The number of hydrogen-bond acceptors (Lipinski definition) is 8. The van der Waals surface area contributed by atoms with Gasteiger partial charge >= 0.3 is 0 Å². The molecule has 0 aromatic carbocycles. The zero-order chi connectivity index (χ0) is 61.5. The highest BCUT2D eigenvalue weighted by Crippen LogP contribution is 2.31. The van der Waals surface area contributed by atoms with Crippen molar-refractivity contribution < 1.29 is 19.1 Å². The molecular weight excluding hydrogens is 1040 g/mol. The first kappa shape index (κ1) is 74.2. The highest BCUT2D eigenvalue weighted by atomic mass is 35.5. The summed E-state index contributed by atoms with van der Waals surface area (Å²) in [5.41, 5.74) is 55.1. The minimum Gasteiger partial charge on any atom is -0.480 e. The molecule has 0 unspecified atom stereocenters. The van der Waals surface area contributed by atoms with Gasteiger partial charge in [-0.1, -0.05) is 18.9 Å². The van der Waals surface area contributed by atoms with E-state index in [4.69, 9.17) is 114 Å². The molecule has 4 aromatic heterocycles. The fourth-order valence-corrected chi connectivity index (χ4v) is 7.37. The van der Waals surface area contributed by atoms with Crippen LogP contribution < -0.4 is 19.7 Å². The van der Waals surface area contributed by atoms with Crippen molar-refractivity contribution in [2.45, 2.75) is 19.9 Å². The molecule has 0 saturated carbocycles. The van der Waals surface area contributed by atoms with Crippen LogP contribution in [0.4, 0.5) is 11.4 Å². The Morgan fingerprint density at radius 2 is 0.976 bits per heavy atom. The molecule has 0 saturated heterocycles. The lowest BCUT2D eigenvalue weighted by atomic mass is 8.36. The van der Waals surface area contributed by atoms with Crippen molar-refractivity contribution in [1.29, 1.82) is 0 Å². The number of ether oxygens (including phenoxy) is 2. The van der Waals surface area contributed by atoms with E-state index in [1.54, 1.807) is 54.5 Å². The Labute approximate surface area is 519 Å². The number of aromatic nitrogens is 6. The number of hydrogen-bond donors (Lipinski definition) is 1. The summed E-state index contributed by atoms with van der Waals surface area (Å²) in [7, 11) is 75.2. The van der Waals surface area contributed by atoms with Gasteiger partial charge in [-0.15, -0.1) is 11.6 Å². The van der Waals surface area contributed by atoms with Gasteiger partial charge in [0.15, 0.2) is 24.7 Å². The lowest BCUT2D eigenvalue weighted by molar-refractivity contribution is -0.121. The van der Waals surface area contributed by atoms with E-state index in [2.05, 4.69) is 159 Å². The number of nitrogens with one attached hydrogen (secondary N) is 1. The van der Waals surface area contributed by atoms with Gasteiger partial charge in [0.25, 0.3) is 11.8 Å². The molecule has 0 atom stereocenters. The number of rotatable bonds is 13. The molecule has 1 N–H and O–H groups in total. The topological polar surface area (TPSA) is 129 Å². The van der Waals surface area contributed by atoms with Crippen molar-refractivity contribution in [3.05, 3.63) is 207 Å². The number of aryl methyl sites for hydroxylation is 2. The van der Waals surface area contributed by atoms with Crippen molar-refractivity contribution in [1.82, 2.24) is 29.1 Å². The molecule has 0 aliphatic carbocycles. The van der Waals surface area contributed by atoms with Crippen LogP contribution in [-0.4, -0.2) is 218 Å². The molecule has 12 nitrogen and oxygen atoms in total. The summed E-state index contributed by atoms with van der Waals surface area (Å²) in [6.07, 6.45) is 5.66. The summed E-state index contributed by atoms with van der Waals surface area (Å²) in [5, 5.41) is 2.66. The number of anilines is 2. The molecular formula is C48H33B23ClN8O4. The second-order valence-corrected chi connectivity index (χ2v) is 17.0. The first-order valence-corrected chi connectivity index (χ1v) is 24.7. The number of fused-ring (bicyclic) bond motifs is 2. The van der Waals surface area contributed by atoms with Gasteiger partial charge < -0.3 is 23.9 Å². The number of halogens is 1. The van der Waals surface area contributed by atoms with Crippen LogP contribution in [0.5, 0.6) is 11.5 Å². The van der Waals surface area contributed by atoms with Crippen LogP contribution in [0.1, 0.15) is 18.8 Å². The van der Waals surface area contributed by atoms with Crippen LogP contribution in [0, 0.1) is 0 Å². The Balaban J connectivity index is 0.000000543. The van der Waals surface area contributed by atoms with E-state index >= 15 is 0 Å². The molecule has 84 heavy (non-hydrogen) atoms. The van der Waals surface area contributed by atoms with Gasteiger partial charge in [-0.3, -0.25) is 24.5 Å². The monoisotopic (exact) mass is 1070 g/mol. The molecule has 2 aliphatic heterocycles. The predicted octanol–water partition coefficient (Wildman–Crippen LogP) is -1.75. The molecule has 36 heteroatoms. The maximum absolute atomic E-state index is 11.9. The van der Waals surface area contributed by atoms with E-state index in [1.165, 1.54) is 7.06 Å². The van der Waals surface area contributed by atoms with Crippen LogP contribution in [0.2, 0.25) is 0 Å². The van der Waals surface area contributed by atoms with E-state index in [-0.39, 0.29) is 32.5 Å². The normalized spacial score (nSPS) is 9.49. The summed E-state index contributed by atoms with van der Waals surface area (Å²) in [4.78, 5) is 40.4. The molecule has 0 spiro atoms. The standard InChI is InChI=1S/C23H4.C12H12N4O2.C7H6N2O2.C5H7ClN2.CH4.B23/c1-3-5-7-9-11-13-15-17-19-21-23-22-20-18-16-14-12-10-8-6-4-2;1-15-5-9(14-8-15)6-16-10-2-3-13-4-11(10)18-7-12(16)17;10-7-4-11-6-3-8-2-1-5(6)9-7;1-8-3-5(2-6)7-4-8;;1-13-19(12)22(18(10)11)23(20(14(2)3)15(4)5)21(16(6)7)17(8)9/h1-2H2;2-5,8H,6-7H2,1H3;1-3H,4H2,(H,9,10);3-4H,2H2,1H3;1H4;. The SMILES string of the molecule is C.C=C=C=C=C=C=C=C=C=C=C=C=C=C=C=C=C=C=C=C=C=C=C.Cn1cnc(CCl)c1.Cn1cnc(CN2C(=O)COc3cnccc32)c1.O=C1COc2cnccc2N1.[B][B]B([B])B(B([B])[B])B(B(B([B])[B])B([B])[B])B(B([B])[B])B([B])[B]. The number of nitrogens with zero attached hydrogens (tertiary/aromatic N) is 7. The minimum absolute atomic E-state index is 0. The Morgan fingerprint density at radius 3 is 1.35 bits per heavy atom. The second-order valence-electron chi connectivity index (χ2n) is 16.7. The molecule has 0 fully saturated rings. The van der Waals surface area contributed by atoms with Gasteiger partial charge in [-0.2, -0.15) is 0 Å². The Morgan fingerprint density at radius 1 is 0.583 bits per heavy atom. The lowest BCUT2D eigenvalue weighted by Crippen LogP contribution is -2.83. The van der Waals surface area contributed by atoms with E-state index in [9.17, 15) is 9.59 Å². The fourth-order valence-electron chi connectivity index (χ4n) is 7.23. The first-order chi connectivity index (χ1) is 39.8. The van der Waals surface area contributed by atoms with E-state index in [0.717, 1.165) is 17.1 Å². The molecule has 4 aromatic rings. The van der Waals surface area contributed by atoms with Gasteiger partial charge in [0, 0.05) is 220 Å². The van der Waals surface area contributed by atoms with Crippen molar-refractivity contribution in [3.8, 4) is 11.5 Å². The lowest BCUT2D eigenvalue weighted by Gasteiger charge is -2.45. The molecule has 2 amide bonds. The third kappa shape index (κ3) is 28.4. The van der Waals surface area contributed by atoms with Gasteiger partial charge in [-0.25, -0.2) is 9.97 Å². The number of imidazole rings is 2. The fraction of sp³-hybridized carbons (Fsp3) is 0.146.